The van der Waals surface area contributed by atoms with Gasteiger partial charge in [-0.3, -0.25) is 0 Å². The average Bonchev–Trinajstić information content (AvgIpc) is 2.10. The third-order valence-electron chi connectivity index (χ3n) is 1.51. The second kappa shape index (κ2) is 4.42. The van der Waals surface area contributed by atoms with Gasteiger partial charge >= 0.3 is 0 Å². The third-order valence-corrected chi connectivity index (χ3v) is 2.14. The van der Waals surface area contributed by atoms with Crippen molar-refractivity contribution in [2.75, 3.05) is 0 Å². The highest BCUT2D eigenvalue weighted by atomic mass is 79.9. The summed E-state index contributed by atoms with van der Waals surface area (Å²) in [6, 6.07) is 2.86. The summed E-state index contributed by atoms with van der Waals surface area (Å²) in [5, 5.41) is 8.31. The molecule has 0 amide bonds. The minimum absolute atomic E-state index is 0.00350. The monoisotopic (exact) mass is 264 g/mol. The molecule has 0 N–H and O–H groups in total. The van der Waals surface area contributed by atoms with Gasteiger partial charge in [0.05, 0.1) is 12.5 Å². The smallest absolute Gasteiger partial charge is 0.217 e. The molecule has 2 nitrogen and oxygen atoms in total. The number of halogens is 4. The van der Waals surface area contributed by atoms with Crippen molar-refractivity contribution in [1.29, 1.82) is 5.26 Å². The van der Waals surface area contributed by atoms with Gasteiger partial charge in [-0.15, -0.1) is 0 Å². The zero-order chi connectivity index (χ0) is 10.7. The van der Waals surface area contributed by atoms with E-state index in [1.165, 1.54) is 0 Å². The Labute approximate surface area is 86.5 Å². The normalized spacial score (nSPS) is 10.3. The van der Waals surface area contributed by atoms with Crippen LogP contribution >= 0.6 is 15.9 Å². The van der Waals surface area contributed by atoms with E-state index < -0.39 is 18.1 Å². The van der Waals surface area contributed by atoms with Crippen LogP contribution in [0.15, 0.2) is 10.5 Å². The van der Waals surface area contributed by atoms with E-state index in [4.69, 9.17) is 5.26 Å². The van der Waals surface area contributed by atoms with E-state index in [1.54, 1.807) is 6.07 Å². The zero-order valence-electron chi connectivity index (χ0n) is 6.77. The van der Waals surface area contributed by atoms with Gasteiger partial charge in [-0.05, 0) is 22.0 Å². The summed E-state index contributed by atoms with van der Waals surface area (Å²) in [5.74, 6) is -1.02. The van der Waals surface area contributed by atoms with Crippen molar-refractivity contribution >= 4 is 15.9 Å². The van der Waals surface area contributed by atoms with Crippen LogP contribution in [0.25, 0.3) is 0 Å². The topological polar surface area (TPSA) is 36.7 Å². The lowest BCUT2D eigenvalue weighted by Gasteiger charge is -2.04. The van der Waals surface area contributed by atoms with Crippen LogP contribution in [0, 0.1) is 17.3 Å². The van der Waals surface area contributed by atoms with Crippen LogP contribution in [0.4, 0.5) is 13.2 Å². The number of nitrogens with zero attached hydrogens (tertiary/aromatic N) is 2. The fourth-order valence-electron chi connectivity index (χ4n) is 0.880. The van der Waals surface area contributed by atoms with E-state index in [1.807, 2.05) is 0 Å². The number of alkyl halides is 2. The SMILES string of the molecule is N#CCc1cc(Br)c(C(F)F)nc1F. The van der Waals surface area contributed by atoms with E-state index in [0.29, 0.717) is 0 Å². The number of nitriles is 1. The molecule has 0 saturated heterocycles. The lowest BCUT2D eigenvalue weighted by Crippen LogP contribution is -2.00. The molecule has 0 saturated carbocycles. The van der Waals surface area contributed by atoms with Gasteiger partial charge in [0, 0.05) is 10.0 Å². The molecule has 1 aromatic rings. The molecular weight excluding hydrogens is 261 g/mol. The van der Waals surface area contributed by atoms with Gasteiger partial charge in [0.25, 0.3) is 6.43 Å². The fourth-order valence-corrected chi connectivity index (χ4v) is 1.42. The summed E-state index contributed by atoms with van der Waals surface area (Å²) in [5.41, 5.74) is -0.645. The van der Waals surface area contributed by atoms with Gasteiger partial charge in [0.2, 0.25) is 5.95 Å². The maximum Gasteiger partial charge on any atom is 0.281 e. The number of hydrogen-bond acceptors (Lipinski definition) is 2. The molecule has 0 radical (unpaired) electrons. The summed E-state index contributed by atoms with van der Waals surface area (Å²) in [7, 11) is 0. The Bertz CT molecular complexity index is 387. The average molecular weight is 265 g/mol. The van der Waals surface area contributed by atoms with E-state index in [9.17, 15) is 13.2 Å². The number of rotatable bonds is 2. The quantitative estimate of drug-likeness (QED) is 0.771. The number of hydrogen-bond donors (Lipinski definition) is 0. The maximum atomic E-state index is 13.0. The Balaban J connectivity index is 3.18. The molecule has 0 atom stereocenters. The summed E-state index contributed by atoms with van der Waals surface area (Å²) >= 11 is 2.83. The lowest BCUT2D eigenvalue weighted by molar-refractivity contribution is 0.143. The second-order valence-corrected chi connectivity index (χ2v) is 3.30. The van der Waals surface area contributed by atoms with Crippen LogP contribution in [-0.2, 0) is 6.42 Å². The standard InChI is InChI=1S/C8H4BrF3N2/c9-5-3-4(1-2-13)8(12)14-6(5)7(10)11/h3,7H,1H2. The second-order valence-electron chi connectivity index (χ2n) is 2.44. The van der Waals surface area contributed by atoms with Crippen molar-refractivity contribution < 1.29 is 13.2 Å². The van der Waals surface area contributed by atoms with Gasteiger partial charge in [-0.2, -0.15) is 9.65 Å². The molecule has 0 bridgehead atoms. The molecule has 6 heteroatoms. The Morgan fingerprint density at radius 2 is 2.21 bits per heavy atom. The molecule has 0 spiro atoms. The molecule has 0 aliphatic carbocycles. The van der Waals surface area contributed by atoms with Crippen LogP contribution in [0.5, 0.6) is 0 Å². The molecular formula is C8H4BrF3N2. The minimum Gasteiger partial charge on any atom is -0.217 e. The van der Waals surface area contributed by atoms with Crippen molar-refractivity contribution in [3.05, 3.63) is 27.7 Å². The van der Waals surface area contributed by atoms with Crippen molar-refractivity contribution in [1.82, 2.24) is 4.98 Å². The van der Waals surface area contributed by atoms with E-state index >= 15 is 0 Å². The van der Waals surface area contributed by atoms with Crippen LogP contribution < -0.4 is 0 Å². The molecule has 74 valence electrons. The van der Waals surface area contributed by atoms with Gasteiger partial charge in [0.15, 0.2) is 0 Å². The highest BCUT2D eigenvalue weighted by Crippen LogP contribution is 2.27. The van der Waals surface area contributed by atoms with Crippen LogP contribution in [0.2, 0.25) is 0 Å². The first kappa shape index (κ1) is 11.0. The van der Waals surface area contributed by atoms with Gasteiger partial charge < -0.3 is 0 Å². The lowest BCUT2D eigenvalue weighted by atomic mass is 10.2. The number of aromatic nitrogens is 1. The highest BCUT2D eigenvalue weighted by molar-refractivity contribution is 9.10. The Kier molecular flexibility index (Phi) is 3.47. The molecule has 0 aliphatic heterocycles. The zero-order valence-corrected chi connectivity index (χ0v) is 8.35. The molecule has 0 aromatic carbocycles. The van der Waals surface area contributed by atoms with E-state index in [0.717, 1.165) is 6.07 Å². The van der Waals surface area contributed by atoms with Crippen molar-refractivity contribution in [3.63, 3.8) is 0 Å². The van der Waals surface area contributed by atoms with Gasteiger partial charge in [0.1, 0.15) is 5.69 Å². The van der Waals surface area contributed by atoms with Crippen LogP contribution in [0.3, 0.4) is 0 Å². The Morgan fingerprint density at radius 1 is 1.57 bits per heavy atom. The summed E-state index contributed by atoms with van der Waals surface area (Å²) in [4.78, 5) is 3.08. The molecule has 0 unspecified atom stereocenters. The first-order valence-electron chi connectivity index (χ1n) is 3.56. The maximum absolute atomic E-state index is 13.0. The van der Waals surface area contributed by atoms with Crippen molar-refractivity contribution in [3.8, 4) is 6.07 Å². The first-order valence-corrected chi connectivity index (χ1v) is 4.35. The van der Waals surface area contributed by atoms with Gasteiger partial charge in [-0.25, -0.2) is 13.8 Å². The van der Waals surface area contributed by atoms with Crippen molar-refractivity contribution in [2.45, 2.75) is 12.8 Å². The molecule has 0 fully saturated rings. The largest absolute Gasteiger partial charge is 0.281 e. The fraction of sp³-hybridized carbons (Fsp3) is 0.250. The Hall–Kier alpha value is -1.09. The molecule has 1 aromatic heterocycles. The molecule has 14 heavy (non-hydrogen) atoms. The third kappa shape index (κ3) is 2.23. The highest BCUT2D eigenvalue weighted by Gasteiger charge is 2.17. The molecule has 1 rings (SSSR count). The molecule has 0 aliphatic rings. The predicted molar refractivity (Wildman–Crippen MR) is 46.2 cm³/mol. The van der Waals surface area contributed by atoms with Crippen molar-refractivity contribution in [2.24, 2.45) is 0 Å². The summed E-state index contributed by atoms with van der Waals surface area (Å²) in [6.07, 6.45) is -3.03. The summed E-state index contributed by atoms with van der Waals surface area (Å²) < 4.78 is 37.4. The Morgan fingerprint density at radius 3 is 2.71 bits per heavy atom. The number of pyridine rings is 1. The first-order chi connectivity index (χ1) is 6.56. The van der Waals surface area contributed by atoms with E-state index in [2.05, 4.69) is 20.9 Å². The predicted octanol–water partition coefficient (Wildman–Crippen LogP) is 2.99. The van der Waals surface area contributed by atoms with Crippen LogP contribution in [0.1, 0.15) is 17.7 Å². The van der Waals surface area contributed by atoms with Crippen LogP contribution in [-0.4, -0.2) is 4.98 Å². The summed E-state index contributed by atoms with van der Waals surface area (Å²) in [6.45, 7) is 0. The minimum atomic E-state index is -2.84. The van der Waals surface area contributed by atoms with Gasteiger partial charge in [-0.1, -0.05) is 0 Å². The van der Waals surface area contributed by atoms with E-state index in [-0.39, 0.29) is 16.5 Å². The molecule has 1 heterocycles.